The SMILES string of the molecule is CCCCCCCCCCCCCC(=O)OC(C)c1ccc(S(=O)(=O)NC(=O)NC2CCCCC2)cc1. The fourth-order valence-electron chi connectivity index (χ4n) is 4.82. The molecule has 210 valence electrons. The zero-order chi connectivity index (χ0) is 26.9. The Morgan fingerprint density at radius 2 is 1.41 bits per heavy atom. The lowest BCUT2D eigenvalue weighted by Gasteiger charge is -2.22. The first kappa shape index (κ1) is 31.1. The van der Waals surface area contributed by atoms with Gasteiger partial charge in [-0.3, -0.25) is 4.79 Å². The molecule has 0 aromatic heterocycles. The molecule has 1 atom stereocenters. The monoisotopic (exact) mass is 536 g/mol. The van der Waals surface area contributed by atoms with Crippen molar-refractivity contribution in [3.63, 3.8) is 0 Å². The second kappa shape index (κ2) is 17.4. The lowest BCUT2D eigenvalue weighted by molar-refractivity contribution is -0.148. The van der Waals surface area contributed by atoms with Crippen LogP contribution in [0.25, 0.3) is 0 Å². The fraction of sp³-hybridized carbons (Fsp3) is 0.724. The molecule has 1 aromatic carbocycles. The maximum atomic E-state index is 12.6. The molecule has 0 radical (unpaired) electrons. The third-order valence-corrected chi connectivity index (χ3v) is 8.47. The minimum absolute atomic E-state index is 0.00506. The largest absolute Gasteiger partial charge is 0.458 e. The molecule has 1 saturated carbocycles. The number of esters is 1. The van der Waals surface area contributed by atoms with Crippen LogP contribution in [-0.2, 0) is 19.6 Å². The predicted octanol–water partition coefficient (Wildman–Crippen LogP) is 7.31. The lowest BCUT2D eigenvalue weighted by Crippen LogP contribution is -2.45. The molecule has 2 amide bonds. The number of hydrogen-bond acceptors (Lipinski definition) is 5. The highest BCUT2D eigenvalue weighted by Gasteiger charge is 2.21. The summed E-state index contributed by atoms with van der Waals surface area (Å²) in [6, 6.07) is 5.42. The molecule has 1 aliphatic carbocycles. The average molecular weight is 537 g/mol. The first-order valence-electron chi connectivity index (χ1n) is 14.4. The number of ether oxygens (including phenoxy) is 1. The van der Waals surface area contributed by atoms with Crippen LogP contribution in [0.4, 0.5) is 4.79 Å². The highest BCUT2D eigenvalue weighted by Crippen LogP contribution is 2.21. The van der Waals surface area contributed by atoms with E-state index in [1.54, 1.807) is 19.1 Å². The van der Waals surface area contributed by atoms with E-state index in [4.69, 9.17) is 4.74 Å². The van der Waals surface area contributed by atoms with Gasteiger partial charge in [0.1, 0.15) is 6.10 Å². The van der Waals surface area contributed by atoms with Gasteiger partial charge in [-0.2, -0.15) is 0 Å². The molecule has 2 N–H and O–H groups in total. The van der Waals surface area contributed by atoms with E-state index in [9.17, 15) is 18.0 Å². The number of carbonyl (C=O) groups excluding carboxylic acids is 2. The van der Waals surface area contributed by atoms with Gasteiger partial charge < -0.3 is 10.1 Å². The van der Waals surface area contributed by atoms with E-state index in [-0.39, 0.29) is 16.9 Å². The van der Waals surface area contributed by atoms with Crippen molar-refractivity contribution >= 4 is 22.0 Å². The van der Waals surface area contributed by atoms with Gasteiger partial charge in [0.15, 0.2) is 0 Å². The highest BCUT2D eigenvalue weighted by molar-refractivity contribution is 7.90. The molecule has 0 spiro atoms. The molecular formula is C29H48N2O5S. The Bertz CT molecular complexity index is 895. The molecule has 1 unspecified atom stereocenters. The number of rotatable bonds is 17. The van der Waals surface area contributed by atoms with E-state index < -0.39 is 22.2 Å². The molecule has 37 heavy (non-hydrogen) atoms. The standard InChI is InChI=1S/C29H48N2O5S/c1-3-4-5-6-7-8-9-10-11-12-16-19-28(32)36-24(2)25-20-22-27(23-21-25)37(34,35)31-29(33)30-26-17-14-13-15-18-26/h20-24,26H,3-19H2,1-2H3,(H2,30,31,33). The molecule has 0 saturated heterocycles. The Balaban J connectivity index is 1.64. The molecular weight excluding hydrogens is 488 g/mol. The number of nitrogens with one attached hydrogen (secondary N) is 2. The summed E-state index contributed by atoms with van der Waals surface area (Å²) in [5.74, 6) is -0.235. The summed E-state index contributed by atoms with van der Waals surface area (Å²) in [6.07, 6.45) is 18.4. The minimum Gasteiger partial charge on any atom is -0.458 e. The van der Waals surface area contributed by atoms with Gasteiger partial charge in [0.05, 0.1) is 4.90 Å². The third-order valence-electron chi connectivity index (χ3n) is 7.12. The minimum atomic E-state index is -3.97. The highest BCUT2D eigenvalue weighted by atomic mass is 32.2. The van der Waals surface area contributed by atoms with E-state index in [2.05, 4.69) is 17.0 Å². The molecule has 1 aliphatic rings. The van der Waals surface area contributed by atoms with Gasteiger partial charge in [0.25, 0.3) is 10.0 Å². The van der Waals surface area contributed by atoms with Gasteiger partial charge in [-0.1, -0.05) is 103 Å². The number of carbonyl (C=O) groups is 2. The van der Waals surface area contributed by atoms with Crippen molar-refractivity contribution in [3.05, 3.63) is 29.8 Å². The van der Waals surface area contributed by atoms with Gasteiger partial charge in [0.2, 0.25) is 0 Å². The predicted molar refractivity (Wildman–Crippen MR) is 148 cm³/mol. The average Bonchev–Trinajstić information content (AvgIpc) is 2.87. The topological polar surface area (TPSA) is 102 Å². The summed E-state index contributed by atoms with van der Waals surface area (Å²) in [7, 11) is -3.97. The van der Waals surface area contributed by atoms with Crippen molar-refractivity contribution in [3.8, 4) is 0 Å². The maximum Gasteiger partial charge on any atom is 0.328 e. The zero-order valence-corrected chi connectivity index (χ0v) is 23.8. The van der Waals surface area contributed by atoms with Crippen LogP contribution in [-0.4, -0.2) is 26.5 Å². The van der Waals surface area contributed by atoms with Crippen molar-refractivity contribution in [2.75, 3.05) is 0 Å². The van der Waals surface area contributed by atoms with E-state index in [0.29, 0.717) is 12.0 Å². The van der Waals surface area contributed by atoms with Crippen LogP contribution in [0.5, 0.6) is 0 Å². The number of unbranched alkanes of at least 4 members (excludes halogenated alkanes) is 10. The van der Waals surface area contributed by atoms with Crippen LogP contribution >= 0.6 is 0 Å². The van der Waals surface area contributed by atoms with Crippen molar-refractivity contribution < 1.29 is 22.7 Å². The Morgan fingerprint density at radius 3 is 1.97 bits per heavy atom. The van der Waals surface area contributed by atoms with Gasteiger partial charge in [-0.15, -0.1) is 0 Å². The number of benzene rings is 1. The number of amides is 2. The van der Waals surface area contributed by atoms with Crippen LogP contribution in [0.3, 0.4) is 0 Å². The summed E-state index contributed by atoms with van der Waals surface area (Å²) in [5.41, 5.74) is 0.706. The zero-order valence-electron chi connectivity index (χ0n) is 22.9. The van der Waals surface area contributed by atoms with Crippen molar-refractivity contribution in [1.82, 2.24) is 10.0 Å². The fourth-order valence-corrected chi connectivity index (χ4v) is 5.73. The first-order chi connectivity index (χ1) is 17.8. The van der Waals surface area contributed by atoms with E-state index >= 15 is 0 Å². The number of hydrogen-bond donors (Lipinski definition) is 2. The Labute approximate surface area is 224 Å². The molecule has 0 heterocycles. The van der Waals surface area contributed by atoms with E-state index in [1.165, 1.54) is 63.5 Å². The third kappa shape index (κ3) is 12.8. The smallest absolute Gasteiger partial charge is 0.328 e. The second-order valence-corrected chi connectivity index (χ2v) is 12.1. The normalized spacial score (nSPS) is 15.2. The van der Waals surface area contributed by atoms with Crippen molar-refractivity contribution in [2.45, 2.75) is 140 Å². The van der Waals surface area contributed by atoms with Crippen LogP contribution < -0.4 is 10.0 Å². The summed E-state index contributed by atoms with van der Waals surface area (Å²) < 4.78 is 32.8. The maximum absolute atomic E-state index is 12.6. The number of urea groups is 1. The summed E-state index contributed by atoms with van der Waals surface area (Å²) in [5, 5.41) is 2.75. The molecule has 8 heteroatoms. The van der Waals surface area contributed by atoms with E-state index in [0.717, 1.165) is 51.4 Å². The Morgan fingerprint density at radius 1 is 0.865 bits per heavy atom. The summed E-state index contributed by atoms with van der Waals surface area (Å²) in [6.45, 7) is 4.01. The van der Waals surface area contributed by atoms with Crippen LogP contribution in [0.1, 0.15) is 135 Å². The molecule has 2 rings (SSSR count). The van der Waals surface area contributed by atoms with Crippen LogP contribution in [0.15, 0.2) is 29.2 Å². The second-order valence-electron chi connectivity index (χ2n) is 10.4. The number of sulfonamides is 1. The summed E-state index contributed by atoms with van der Waals surface area (Å²) in [4.78, 5) is 24.4. The van der Waals surface area contributed by atoms with Gasteiger partial charge in [-0.25, -0.2) is 17.9 Å². The molecule has 7 nitrogen and oxygen atoms in total. The van der Waals surface area contributed by atoms with Crippen LogP contribution in [0, 0.1) is 0 Å². The van der Waals surface area contributed by atoms with Gasteiger partial charge >= 0.3 is 12.0 Å². The van der Waals surface area contributed by atoms with Crippen LogP contribution in [0.2, 0.25) is 0 Å². The summed E-state index contributed by atoms with van der Waals surface area (Å²) >= 11 is 0. The van der Waals surface area contributed by atoms with Crippen molar-refractivity contribution in [2.24, 2.45) is 0 Å². The first-order valence-corrected chi connectivity index (χ1v) is 15.9. The van der Waals surface area contributed by atoms with Gasteiger partial charge in [0, 0.05) is 12.5 Å². The van der Waals surface area contributed by atoms with Crippen molar-refractivity contribution in [1.29, 1.82) is 0 Å². The molecule has 1 aromatic rings. The lowest BCUT2D eigenvalue weighted by atomic mass is 9.96. The molecule has 0 aliphatic heterocycles. The molecule has 0 bridgehead atoms. The molecule has 1 fully saturated rings. The Kier molecular flexibility index (Phi) is 14.7. The van der Waals surface area contributed by atoms with Gasteiger partial charge in [-0.05, 0) is 43.9 Å². The Hall–Kier alpha value is -2.09. The quantitative estimate of drug-likeness (QED) is 0.160. The van der Waals surface area contributed by atoms with E-state index in [1.807, 2.05) is 0 Å².